The van der Waals surface area contributed by atoms with Gasteiger partial charge in [-0.15, -0.1) is 5.10 Å². The first-order chi connectivity index (χ1) is 11.8. The van der Waals surface area contributed by atoms with E-state index < -0.39 is 12.1 Å². The van der Waals surface area contributed by atoms with E-state index in [1.54, 1.807) is 24.4 Å². The van der Waals surface area contributed by atoms with E-state index in [2.05, 4.69) is 25.5 Å². The van der Waals surface area contributed by atoms with Crippen molar-refractivity contribution in [3.63, 3.8) is 0 Å². The third kappa shape index (κ3) is 5.17. The number of halogens is 3. The fourth-order valence-corrected chi connectivity index (χ4v) is 2.21. The summed E-state index contributed by atoms with van der Waals surface area (Å²) in [6, 6.07) is 6.89. The van der Waals surface area contributed by atoms with Gasteiger partial charge in [0.05, 0.1) is 0 Å². The average molecular weight is 371 g/mol. The molecule has 0 spiro atoms. The number of fused-ring (bicyclic) bond motifs is 1. The van der Waals surface area contributed by atoms with Crippen molar-refractivity contribution >= 4 is 38.7 Å². The number of hydrogen-bond acceptors (Lipinski definition) is 7. The van der Waals surface area contributed by atoms with Gasteiger partial charge in [0.2, 0.25) is 0 Å². The minimum Gasteiger partial charge on any atom is -0.475 e. The maximum atomic E-state index is 11.8. The zero-order valence-corrected chi connectivity index (χ0v) is 12.9. The number of carboxylic acids is 1. The second kappa shape index (κ2) is 7.61. The maximum absolute atomic E-state index is 11.8. The topological polar surface area (TPSA) is 118 Å². The Morgan fingerprint density at radius 2 is 1.84 bits per heavy atom. The monoisotopic (exact) mass is 371 g/mol. The summed E-state index contributed by atoms with van der Waals surface area (Å²) in [6.45, 7) is 0. The average Bonchev–Trinajstić information content (AvgIpc) is 2.97. The number of alkyl halides is 3. The summed E-state index contributed by atoms with van der Waals surface area (Å²) in [7, 11) is 0. The van der Waals surface area contributed by atoms with E-state index in [0.717, 1.165) is 10.3 Å². The van der Waals surface area contributed by atoms with Gasteiger partial charge in [0.25, 0.3) is 5.91 Å². The molecule has 0 aliphatic rings. The number of amides is 1. The minimum absolute atomic E-state index is 0.254. The summed E-state index contributed by atoms with van der Waals surface area (Å²) in [4.78, 5) is 29.9. The number of aromatic nitrogens is 4. The van der Waals surface area contributed by atoms with E-state index >= 15 is 0 Å². The van der Waals surface area contributed by atoms with Crippen LogP contribution in [0.1, 0.15) is 10.5 Å². The van der Waals surface area contributed by atoms with Gasteiger partial charge < -0.3 is 5.11 Å². The third-order valence-corrected chi connectivity index (χ3v) is 3.33. The molecule has 0 aliphatic carbocycles. The van der Waals surface area contributed by atoms with Gasteiger partial charge in [-0.2, -0.15) is 18.3 Å². The van der Waals surface area contributed by atoms with Gasteiger partial charge in [0.15, 0.2) is 10.8 Å². The molecule has 0 radical (unpaired) electrons. The lowest BCUT2D eigenvalue weighted by Crippen LogP contribution is -2.21. The second-order valence-corrected chi connectivity index (χ2v) is 5.19. The first-order valence-corrected chi connectivity index (χ1v) is 7.20. The van der Waals surface area contributed by atoms with E-state index in [0.29, 0.717) is 5.13 Å². The molecule has 8 nitrogen and oxygen atoms in total. The van der Waals surface area contributed by atoms with Crippen LogP contribution < -0.4 is 5.32 Å². The quantitative estimate of drug-likeness (QED) is 0.710. The fraction of sp³-hybridized carbons (Fsp3) is 0.0769. The Kier molecular flexibility index (Phi) is 5.54. The van der Waals surface area contributed by atoms with Crippen LogP contribution in [0.3, 0.4) is 0 Å². The number of carbonyl (C=O) groups excluding carboxylic acids is 1. The highest BCUT2D eigenvalue weighted by Gasteiger charge is 2.38. The number of aliphatic carboxylic acids is 1. The van der Waals surface area contributed by atoms with Crippen LogP contribution in [0.2, 0.25) is 0 Å². The SMILES string of the molecule is O=C(Nc1nc2cccnc2s1)c1cccnn1.O=C(O)C(F)(F)F. The number of nitrogens with zero attached hydrogens (tertiary/aromatic N) is 4. The van der Waals surface area contributed by atoms with Crippen LogP contribution in [0.4, 0.5) is 18.3 Å². The van der Waals surface area contributed by atoms with Crippen molar-refractivity contribution in [3.8, 4) is 0 Å². The molecule has 3 aromatic heterocycles. The van der Waals surface area contributed by atoms with Crippen LogP contribution in [0, 0.1) is 0 Å². The number of thiazole rings is 1. The Balaban J connectivity index is 0.000000277. The molecule has 2 N–H and O–H groups in total. The standard InChI is InChI=1S/C11H7N5OS.C2HF3O2/c17-9(7-3-2-6-13-16-7)15-11-14-8-4-1-5-12-10(8)18-11;3-2(4,5)1(6)7/h1-6H,(H,14,15,17);(H,6,7). The lowest BCUT2D eigenvalue weighted by molar-refractivity contribution is -0.192. The van der Waals surface area contributed by atoms with Gasteiger partial charge in [0.1, 0.15) is 10.3 Å². The smallest absolute Gasteiger partial charge is 0.475 e. The Morgan fingerprint density at radius 3 is 2.40 bits per heavy atom. The Morgan fingerprint density at radius 1 is 1.16 bits per heavy atom. The summed E-state index contributed by atoms with van der Waals surface area (Å²) >= 11 is 1.32. The van der Waals surface area contributed by atoms with E-state index in [-0.39, 0.29) is 11.6 Å². The molecule has 3 rings (SSSR count). The van der Waals surface area contributed by atoms with Crippen molar-refractivity contribution in [2.24, 2.45) is 0 Å². The van der Waals surface area contributed by atoms with Crippen molar-refractivity contribution in [1.82, 2.24) is 20.2 Å². The summed E-state index contributed by atoms with van der Waals surface area (Å²) in [6.07, 6.45) is -1.88. The number of nitrogens with one attached hydrogen (secondary N) is 1. The first kappa shape index (κ1) is 18.2. The van der Waals surface area contributed by atoms with Gasteiger partial charge in [-0.05, 0) is 24.3 Å². The summed E-state index contributed by atoms with van der Waals surface area (Å²) < 4.78 is 31.7. The van der Waals surface area contributed by atoms with Gasteiger partial charge in [-0.3, -0.25) is 10.1 Å². The fourth-order valence-electron chi connectivity index (χ4n) is 1.41. The lowest BCUT2D eigenvalue weighted by atomic mass is 10.4. The molecular weight excluding hydrogens is 363 g/mol. The molecule has 3 heterocycles. The van der Waals surface area contributed by atoms with Crippen LogP contribution in [0.5, 0.6) is 0 Å². The largest absolute Gasteiger partial charge is 0.490 e. The summed E-state index contributed by atoms with van der Waals surface area (Å²) in [5, 5.41) is 17.7. The zero-order valence-electron chi connectivity index (χ0n) is 12.1. The zero-order chi connectivity index (χ0) is 18.4. The second-order valence-electron chi connectivity index (χ2n) is 4.21. The molecule has 3 aromatic rings. The number of carbonyl (C=O) groups is 2. The van der Waals surface area contributed by atoms with Crippen LogP contribution in [0.25, 0.3) is 10.3 Å². The van der Waals surface area contributed by atoms with Crippen LogP contribution in [0.15, 0.2) is 36.7 Å². The van der Waals surface area contributed by atoms with Gasteiger partial charge in [-0.25, -0.2) is 14.8 Å². The predicted molar refractivity (Wildman–Crippen MR) is 81.1 cm³/mol. The predicted octanol–water partition coefficient (Wildman–Crippen LogP) is 2.37. The molecule has 0 atom stereocenters. The van der Waals surface area contributed by atoms with E-state index in [9.17, 15) is 18.0 Å². The molecule has 12 heteroatoms. The van der Waals surface area contributed by atoms with Crippen LogP contribution in [-0.2, 0) is 4.79 Å². The molecule has 25 heavy (non-hydrogen) atoms. The normalized spacial score (nSPS) is 10.7. The van der Waals surface area contributed by atoms with Crippen molar-refractivity contribution < 1.29 is 27.9 Å². The number of carboxylic acid groups (broad SMARTS) is 1. The number of rotatable bonds is 2. The molecule has 0 unspecified atom stereocenters. The molecule has 0 bridgehead atoms. The van der Waals surface area contributed by atoms with E-state index in [4.69, 9.17) is 9.90 Å². The van der Waals surface area contributed by atoms with Gasteiger partial charge in [0, 0.05) is 12.4 Å². The molecule has 1 amide bonds. The minimum atomic E-state index is -5.08. The Bertz CT molecular complexity index is 852. The summed E-state index contributed by atoms with van der Waals surface area (Å²) in [5.41, 5.74) is 1.02. The van der Waals surface area contributed by atoms with E-state index in [1.807, 2.05) is 6.07 Å². The molecule has 0 aromatic carbocycles. The third-order valence-electron chi connectivity index (χ3n) is 2.43. The molecule has 0 saturated carbocycles. The highest BCUT2D eigenvalue weighted by atomic mass is 32.1. The number of anilines is 1. The van der Waals surface area contributed by atoms with Crippen molar-refractivity contribution in [2.75, 3.05) is 5.32 Å². The Labute approximate surface area is 141 Å². The molecular formula is C13H8F3N5O3S. The highest BCUT2D eigenvalue weighted by Crippen LogP contribution is 2.23. The van der Waals surface area contributed by atoms with Crippen LogP contribution in [-0.4, -0.2) is 43.3 Å². The van der Waals surface area contributed by atoms with Gasteiger partial charge >= 0.3 is 12.1 Å². The van der Waals surface area contributed by atoms with Crippen LogP contribution >= 0.6 is 11.3 Å². The van der Waals surface area contributed by atoms with Crippen molar-refractivity contribution in [2.45, 2.75) is 6.18 Å². The molecule has 0 aliphatic heterocycles. The molecule has 0 saturated heterocycles. The first-order valence-electron chi connectivity index (χ1n) is 6.38. The number of hydrogen-bond donors (Lipinski definition) is 2. The molecule has 0 fully saturated rings. The highest BCUT2D eigenvalue weighted by molar-refractivity contribution is 7.21. The summed E-state index contributed by atoms with van der Waals surface area (Å²) in [5.74, 6) is -3.09. The lowest BCUT2D eigenvalue weighted by Gasteiger charge is -1.98. The number of pyridine rings is 1. The Hall–Kier alpha value is -3.15. The van der Waals surface area contributed by atoms with Crippen molar-refractivity contribution in [3.05, 3.63) is 42.4 Å². The molecule has 130 valence electrons. The van der Waals surface area contributed by atoms with Gasteiger partial charge in [-0.1, -0.05) is 11.3 Å². The van der Waals surface area contributed by atoms with E-state index in [1.165, 1.54) is 17.5 Å². The maximum Gasteiger partial charge on any atom is 0.490 e. The van der Waals surface area contributed by atoms with Crippen molar-refractivity contribution in [1.29, 1.82) is 0 Å².